The minimum absolute atomic E-state index is 0. The number of halogens is 1. The highest BCUT2D eigenvalue weighted by Crippen LogP contribution is 2.12. The molecular formula is C20H31IN6O2. The summed E-state index contributed by atoms with van der Waals surface area (Å²) in [7, 11) is 0. The second-order valence-corrected chi connectivity index (χ2v) is 6.73. The Bertz CT molecular complexity index is 719. The third kappa shape index (κ3) is 8.17. The predicted molar refractivity (Wildman–Crippen MR) is 124 cm³/mol. The van der Waals surface area contributed by atoms with Crippen LogP contribution >= 0.6 is 24.0 Å². The van der Waals surface area contributed by atoms with Crippen LogP contribution in [0.1, 0.15) is 19.2 Å². The quantitative estimate of drug-likeness (QED) is 0.219. The van der Waals surface area contributed by atoms with E-state index in [0.29, 0.717) is 19.1 Å². The molecule has 160 valence electrons. The van der Waals surface area contributed by atoms with Gasteiger partial charge in [0.15, 0.2) is 5.96 Å². The van der Waals surface area contributed by atoms with Gasteiger partial charge in [0.1, 0.15) is 24.5 Å². The van der Waals surface area contributed by atoms with E-state index < -0.39 is 0 Å². The molecule has 8 nitrogen and oxygen atoms in total. The molecule has 1 aliphatic rings. The van der Waals surface area contributed by atoms with Gasteiger partial charge < -0.3 is 24.7 Å². The van der Waals surface area contributed by atoms with E-state index >= 15 is 0 Å². The third-order valence-electron chi connectivity index (χ3n) is 4.60. The Balaban J connectivity index is 0.00000300. The molecule has 2 heterocycles. The number of guanidine groups is 1. The normalized spacial score (nSPS) is 16.3. The number of aliphatic imine (C=N–C) groups is 1. The lowest BCUT2D eigenvalue weighted by Gasteiger charge is -2.15. The molecule has 29 heavy (non-hydrogen) atoms. The summed E-state index contributed by atoms with van der Waals surface area (Å²) in [5.74, 6) is 3.17. The Morgan fingerprint density at radius 3 is 2.86 bits per heavy atom. The van der Waals surface area contributed by atoms with E-state index in [1.807, 2.05) is 30.3 Å². The molecule has 1 saturated heterocycles. The first-order chi connectivity index (χ1) is 13.8. The van der Waals surface area contributed by atoms with Gasteiger partial charge in [0.25, 0.3) is 0 Å². The topological polar surface area (TPSA) is 85.6 Å². The molecule has 1 aliphatic heterocycles. The maximum atomic E-state index is 5.74. The summed E-state index contributed by atoms with van der Waals surface area (Å²) in [6.07, 6.45) is 3.72. The van der Waals surface area contributed by atoms with Gasteiger partial charge in [-0.2, -0.15) is 0 Å². The molecule has 0 bridgehead atoms. The molecule has 1 fully saturated rings. The fourth-order valence-corrected chi connectivity index (χ4v) is 3.01. The van der Waals surface area contributed by atoms with Crippen LogP contribution in [-0.2, 0) is 17.7 Å². The summed E-state index contributed by atoms with van der Waals surface area (Å²) in [5.41, 5.74) is 0. The summed E-state index contributed by atoms with van der Waals surface area (Å²) in [5, 5.41) is 14.9. The molecule has 1 aromatic carbocycles. The van der Waals surface area contributed by atoms with Gasteiger partial charge in [-0.25, -0.2) is 0 Å². The van der Waals surface area contributed by atoms with E-state index in [4.69, 9.17) is 14.5 Å². The fourth-order valence-electron chi connectivity index (χ4n) is 3.01. The standard InChI is InChI=1S/C20H30N6O2.HI/c1-2-19-25-24-16-26(19)11-9-21-20(23-14-17-8-12-27-15-17)22-10-13-28-18-6-4-3-5-7-18;/h3-7,16-17H,2,8-15H2,1H3,(H2,21,22,23);1H. The van der Waals surface area contributed by atoms with Gasteiger partial charge in [-0.3, -0.25) is 4.99 Å². The lowest BCUT2D eigenvalue weighted by Crippen LogP contribution is -2.41. The van der Waals surface area contributed by atoms with Crippen molar-refractivity contribution in [2.45, 2.75) is 26.3 Å². The van der Waals surface area contributed by atoms with Crippen molar-refractivity contribution in [2.75, 3.05) is 39.5 Å². The minimum atomic E-state index is 0. The minimum Gasteiger partial charge on any atom is -0.492 e. The fraction of sp³-hybridized carbons (Fsp3) is 0.550. The van der Waals surface area contributed by atoms with Crippen molar-refractivity contribution in [2.24, 2.45) is 10.9 Å². The highest BCUT2D eigenvalue weighted by atomic mass is 127. The van der Waals surface area contributed by atoms with Crippen molar-refractivity contribution in [1.29, 1.82) is 0 Å². The lowest BCUT2D eigenvalue weighted by molar-refractivity contribution is 0.187. The summed E-state index contributed by atoms with van der Waals surface area (Å²) in [6, 6.07) is 9.83. The van der Waals surface area contributed by atoms with Crippen molar-refractivity contribution in [3.8, 4) is 5.75 Å². The Kier molecular flexibility index (Phi) is 10.8. The number of hydrogen-bond acceptors (Lipinski definition) is 5. The van der Waals surface area contributed by atoms with Gasteiger partial charge in [-0.15, -0.1) is 34.2 Å². The van der Waals surface area contributed by atoms with Crippen molar-refractivity contribution >= 4 is 29.9 Å². The molecule has 1 unspecified atom stereocenters. The number of ether oxygens (including phenoxy) is 2. The highest BCUT2D eigenvalue weighted by molar-refractivity contribution is 14.0. The number of benzene rings is 1. The number of para-hydroxylation sites is 1. The van der Waals surface area contributed by atoms with Gasteiger partial charge in [0.2, 0.25) is 0 Å². The van der Waals surface area contributed by atoms with Gasteiger partial charge in [-0.1, -0.05) is 25.1 Å². The molecule has 3 rings (SSSR count). The molecule has 0 aliphatic carbocycles. The first-order valence-corrected chi connectivity index (χ1v) is 9.99. The van der Waals surface area contributed by atoms with E-state index in [9.17, 15) is 0 Å². The van der Waals surface area contributed by atoms with Crippen LogP contribution in [0.4, 0.5) is 0 Å². The summed E-state index contributed by atoms with van der Waals surface area (Å²) < 4.78 is 13.3. The highest BCUT2D eigenvalue weighted by Gasteiger charge is 2.15. The van der Waals surface area contributed by atoms with Crippen molar-refractivity contribution < 1.29 is 9.47 Å². The zero-order chi connectivity index (χ0) is 19.4. The van der Waals surface area contributed by atoms with Crippen LogP contribution in [0.25, 0.3) is 0 Å². The Labute approximate surface area is 189 Å². The van der Waals surface area contributed by atoms with Gasteiger partial charge >= 0.3 is 0 Å². The van der Waals surface area contributed by atoms with Crippen LogP contribution in [0, 0.1) is 5.92 Å². The molecule has 0 saturated carbocycles. The SMILES string of the molecule is CCc1nncn1CCNC(=NCC1CCOC1)NCCOc1ccccc1.I. The van der Waals surface area contributed by atoms with Crippen LogP contribution < -0.4 is 15.4 Å². The van der Waals surface area contributed by atoms with E-state index in [0.717, 1.165) is 63.2 Å². The Morgan fingerprint density at radius 1 is 1.28 bits per heavy atom. The van der Waals surface area contributed by atoms with Crippen LogP contribution in [0.5, 0.6) is 5.75 Å². The molecular weight excluding hydrogens is 483 g/mol. The number of hydrogen-bond donors (Lipinski definition) is 2. The Morgan fingerprint density at radius 2 is 2.10 bits per heavy atom. The van der Waals surface area contributed by atoms with Crippen LogP contribution in [0.3, 0.4) is 0 Å². The molecule has 0 amide bonds. The summed E-state index contributed by atoms with van der Waals surface area (Å²) in [4.78, 5) is 4.73. The van der Waals surface area contributed by atoms with E-state index in [2.05, 4.69) is 32.3 Å². The molecule has 2 aromatic rings. The second-order valence-electron chi connectivity index (χ2n) is 6.73. The number of aromatic nitrogens is 3. The molecule has 2 N–H and O–H groups in total. The predicted octanol–water partition coefficient (Wildman–Crippen LogP) is 2.11. The smallest absolute Gasteiger partial charge is 0.191 e. The summed E-state index contributed by atoms with van der Waals surface area (Å²) >= 11 is 0. The molecule has 9 heteroatoms. The average molecular weight is 514 g/mol. The van der Waals surface area contributed by atoms with Gasteiger partial charge in [0.05, 0.1) is 13.2 Å². The molecule has 1 aromatic heterocycles. The van der Waals surface area contributed by atoms with Crippen LogP contribution in [0.2, 0.25) is 0 Å². The van der Waals surface area contributed by atoms with Gasteiger partial charge in [-0.05, 0) is 18.6 Å². The largest absolute Gasteiger partial charge is 0.492 e. The van der Waals surface area contributed by atoms with E-state index in [-0.39, 0.29) is 24.0 Å². The van der Waals surface area contributed by atoms with Crippen LogP contribution in [-0.4, -0.2) is 60.2 Å². The van der Waals surface area contributed by atoms with Gasteiger partial charge in [0, 0.05) is 38.6 Å². The summed E-state index contributed by atoms with van der Waals surface area (Å²) in [6.45, 7) is 7.28. The molecule has 0 radical (unpaired) electrons. The number of nitrogens with one attached hydrogen (secondary N) is 2. The van der Waals surface area contributed by atoms with Crippen molar-refractivity contribution in [1.82, 2.24) is 25.4 Å². The molecule has 1 atom stereocenters. The van der Waals surface area contributed by atoms with Crippen molar-refractivity contribution in [3.05, 3.63) is 42.5 Å². The number of rotatable bonds is 10. The zero-order valence-electron chi connectivity index (χ0n) is 16.9. The number of nitrogens with zero attached hydrogens (tertiary/aromatic N) is 4. The Hall–Kier alpha value is -1.88. The second kappa shape index (κ2) is 13.4. The maximum absolute atomic E-state index is 5.74. The lowest BCUT2D eigenvalue weighted by atomic mass is 10.1. The number of aryl methyl sites for hydroxylation is 1. The first-order valence-electron chi connectivity index (χ1n) is 9.99. The van der Waals surface area contributed by atoms with Crippen LogP contribution in [0.15, 0.2) is 41.7 Å². The average Bonchev–Trinajstić information content (AvgIpc) is 3.41. The molecule has 0 spiro atoms. The van der Waals surface area contributed by atoms with E-state index in [1.165, 1.54) is 0 Å². The van der Waals surface area contributed by atoms with Crippen molar-refractivity contribution in [3.63, 3.8) is 0 Å². The zero-order valence-corrected chi connectivity index (χ0v) is 19.2. The van der Waals surface area contributed by atoms with E-state index in [1.54, 1.807) is 6.33 Å². The first kappa shape index (κ1) is 23.4. The maximum Gasteiger partial charge on any atom is 0.191 e. The monoisotopic (exact) mass is 514 g/mol. The third-order valence-corrected chi connectivity index (χ3v) is 4.60.